The Morgan fingerprint density at radius 3 is 2.55 bits per heavy atom. The van der Waals surface area contributed by atoms with Crippen molar-refractivity contribution in [1.82, 2.24) is 14.9 Å². The molecule has 3 aromatic rings. The summed E-state index contributed by atoms with van der Waals surface area (Å²) in [5.74, 6) is 7.67. The summed E-state index contributed by atoms with van der Waals surface area (Å²) < 4.78 is 11.9. The summed E-state index contributed by atoms with van der Waals surface area (Å²) >= 11 is 1.23. The van der Waals surface area contributed by atoms with Crippen molar-refractivity contribution in [2.24, 2.45) is 0 Å². The number of ether oxygens (including phenoxy) is 2. The lowest BCUT2D eigenvalue weighted by Crippen LogP contribution is -2.23. The molecule has 0 saturated heterocycles. The van der Waals surface area contributed by atoms with E-state index in [0.29, 0.717) is 28.2 Å². The van der Waals surface area contributed by atoms with Crippen LogP contribution in [0.15, 0.2) is 47.6 Å². The van der Waals surface area contributed by atoms with Gasteiger partial charge in [-0.25, -0.2) is 4.68 Å². The summed E-state index contributed by atoms with van der Waals surface area (Å²) in [5.41, 5.74) is 2.55. The van der Waals surface area contributed by atoms with E-state index in [2.05, 4.69) is 15.5 Å². The van der Waals surface area contributed by atoms with Crippen molar-refractivity contribution in [2.75, 3.05) is 25.4 Å². The molecule has 1 heterocycles. The first-order valence-electron chi connectivity index (χ1n) is 8.90. The second kappa shape index (κ2) is 8.87. The molecular formula is C20H23N5O3S. The third-order valence-corrected chi connectivity index (χ3v) is 5.41. The molecule has 8 nitrogen and oxygen atoms in total. The fraction of sp³-hybridized carbons (Fsp3) is 0.250. The van der Waals surface area contributed by atoms with E-state index in [-0.39, 0.29) is 5.91 Å². The molecule has 0 fully saturated rings. The Labute approximate surface area is 173 Å². The number of hydrogen-bond donors (Lipinski definition) is 2. The van der Waals surface area contributed by atoms with Gasteiger partial charge in [0.25, 0.3) is 0 Å². The number of methoxy groups -OCH3 is 2. The molecule has 152 valence electrons. The molecule has 0 radical (unpaired) electrons. The molecule has 0 bridgehead atoms. The number of aryl methyl sites for hydroxylation is 1. The van der Waals surface area contributed by atoms with Crippen LogP contribution in [0.5, 0.6) is 11.5 Å². The summed E-state index contributed by atoms with van der Waals surface area (Å²) in [5, 5.41) is 11.2. The summed E-state index contributed by atoms with van der Waals surface area (Å²) in [7, 11) is 3.10. The lowest BCUT2D eigenvalue weighted by atomic mass is 10.1. The van der Waals surface area contributed by atoms with Crippen LogP contribution in [0.3, 0.4) is 0 Å². The van der Waals surface area contributed by atoms with E-state index >= 15 is 0 Å². The van der Waals surface area contributed by atoms with E-state index < -0.39 is 5.25 Å². The van der Waals surface area contributed by atoms with Crippen molar-refractivity contribution in [3.63, 3.8) is 0 Å². The van der Waals surface area contributed by atoms with Crippen molar-refractivity contribution in [3.05, 3.63) is 48.0 Å². The molecule has 0 aliphatic carbocycles. The fourth-order valence-electron chi connectivity index (χ4n) is 2.73. The van der Waals surface area contributed by atoms with Gasteiger partial charge < -0.3 is 20.6 Å². The van der Waals surface area contributed by atoms with Crippen LogP contribution >= 0.6 is 11.8 Å². The molecule has 3 N–H and O–H groups in total. The number of nitrogens with one attached hydrogen (secondary N) is 1. The zero-order valence-corrected chi connectivity index (χ0v) is 17.5. The minimum absolute atomic E-state index is 0.192. The normalized spacial score (nSPS) is 11.7. The van der Waals surface area contributed by atoms with Crippen LogP contribution in [-0.2, 0) is 4.79 Å². The van der Waals surface area contributed by atoms with Gasteiger partial charge in [0.2, 0.25) is 11.1 Å². The second-order valence-corrected chi connectivity index (χ2v) is 7.62. The number of nitrogen functional groups attached to an aromatic ring is 1. The number of thioether (sulfide) groups is 1. The third kappa shape index (κ3) is 4.45. The van der Waals surface area contributed by atoms with Gasteiger partial charge in [-0.2, -0.15) is 0 Å². The first-order valence-corrected chi connectivity index (χ1v) is 9.78. The van der Waals surface area contributed by atoms with Crippen molar-refractivity contribution in [2.45, 2.75) is 24.3 Å². The van der Waals surface area contributed by atoms with Crippen molar-refractivity contribution in [1.29, 1.82) is 0 Å². The quantitative estimate of drug-likeness (QED) is 0.453. The number of benzene rings is 2. The maximum absolute atomic E-state index is 12.6. The molecule has 3 rings (SSSR count). The van der Waals surface area contributed by atoms with Crippen LogP contribution < -0.4 is 20.6 Å². The van der Waals surface area contributed by atoms with Gasteiger partial charge in [-0.1, -0.05) is 36.0 Å². The molecule has 29 heavy (non-hydrogen) atoms. The van der Waals surface area contributed by atoms with Crippen molar-refractivity contribution < 1.29 is 14.3 Å². The SMILES string of the molecule is COc1ccc(NC(=O)[C@@H](C)Sc2nnc(-c3ccccc3C)n2N)cc1OC. The van der Waals surface area contributed by atoms with Gasteiger partial charge in [0, 0.05) is 17.3 Å². The Hall–Kier alpha value is -3.20. The number of carbonyl (C=O) groups excluding carboxylic acids is 1. The van der Waals surface area contributed by atoms with Crippen LogP contribution in [0.25, 0.3) is 11.4 Å². The monoisotopic (exact) mass is 413 g/mol. The summed E-state index contributed by atoms with van der Waals surface area (Å²) in [6, 6.07) is 13.0. The second-order valence-electron chi connectivity index (χ2n) is 6.31. The lowest BCUT2D eigenvalue weighted by Gasteiger charge is -2.13. The Balaban J connectivity index is 1.71. The zero-order chi connectivity index (χ0) is 21.0. The standard InChI is InChI=1S/C20H23N5O3S/c1-12-7-5-6-8-15(12)18-23-24-20(25(18)21)29-13(2)19(26)22-14-9-10-16(27-3)17(11-14)28-4/h5-11,13H,21H2,1-4H3,(H,22,26)/t13-/m1/s1. The highest BCUT2D eigenvalue weighted by Gasteiger charge is 2.21. The predicted octanol–water partition coefficient (Wildman–Crippen LogP) is 3.10. The first kappa shape index (κ1) is 20.5. The maximum Gasteiger partial charge on any atom is 0.237 e. The Bertz CT molecular complexity index is 1020. The number of rotatable bonds is 7. The maximum atomic E-state index is 12.6. The van der Waals surface area contributed by atoms with Crippen LogP contribution in [0, 0.1) is 6.92 Å². The van der Waals surface area contributed by atoms with Crippen LogP contribution in [0.4, 0.5) is 5.69 Å². The van der Waals surface area contributed by atoms with Crippen LogP contribution in [0.1, 0.15) is 12.5 Å². The average Bonchev–Trinajstić information content (AvgIpc) is 3.08. The highest BCUT2D eigenvalue weighted by molar-refractivity contribution is 8.00. The molecule has 0 saturated carbocycles. The number of nitrogens with two attached hydrogens (primary N) is 1. The molecule has 0 aliphatic rings. The van der Waals surface area contributed by atoms with Crippen molar-refractivity contribution in [3.8, 4) is 22.9 Å². The minimum atomic E-state index is -0.445. The van der Waals surface area contributed by atoms with Gasteiger partial charge in [-0.05, 0) is 31.5 Å². The van der Waals surface area contributed by atoms with Crippen LogP contribution in [0.2, 0.25) is 0 Å². The van der Waals surface area contributed by atoms with Gasteiger partial charge in [0.15, 0.2) is 17.3 Å². The molecular weight excluding hydrogens is 390 g/mol. The molecule has 0 aliphatic heterocycles. The number of anilines is 1. The smallest absolute Gasteiger partial charge is 0.237 e. The molecule has 1 atom stereocenters. The van der Waals surface area contributed by atoms with Crippen molar-refractivity contribution >= 4 is 23.4 Å². The number of nitrogens with zero attached hydrogens (tertiary/aromatic N) is 3. The number of hydrogen-bond acceptors (Lipinski definition) is 7. The molecule has 0 unspecified atom stereocenters. The van der Waals surface area contributed by atoms with E-state index in [4.69, 9.17) is 15.3 Å². The lowest BCUT2D eigenvalue weighted by molar-refractivity contribution is -0.115. The van der Waals surface area contributed by atoms with E-state index in [0.717, 1.165) is 11.1 Å². The Morgan fingerprint density at radius 2 is 1.86 bits per heavy atom. The zero-order valence-electron chi connectivity index (χ0n) is 16.7. The van der Waals surface area contributed by atoms with Gasteiger partial charge in [-0.15, -0.1) is 10.2 Å². The number of carbonyl (C=O) groups is 1. The van der Waals surface area contributed by atoms with E-state index in [1.165, 1.54) is 16.4 Å². The van der Waals surface area contributed by atoms with E-state index in [1.54, 1.807) is 39.3 Å². The minimum Gasteiger partial charge on any atom is -0.493 e. The number of aromatic nitrogens is 3. The van der Waals surface area contributed by atoms with E-state index in [1.807, 2.05) is 31.2 Å². The summed E-state index contributed by atoms with van der Waals surface area (Å²) in [6.45, 7) is 3.76. The first-order chi connectivity index (χ1) is 13.9. The number of amides is 1. The van der Waals surface area contributed by atoms with Gasteiger partial charge in [0.05, 0.1) is 19.5 Å². The van der Waals surface area contributed by atoms with Gasteiger partial charge in [0.1, 0.15) is 0 Å². The Kier molecular flexibility index (Phi) is 6.28. The highest BCUT2D eigenvalue weighted by Crippen LogP contribution is 2.31. The molecule has 1 aromatic heterocycles. The molecule has 1 amide bonds. The summed E-state index contributed by atoms with van der Waals surface area (Å²) in [4.78, 5) is 12.6. The topological polar surface area (TPSA) is 104 Å². The molecule has 0 spiro atoms. The third-order valence-electron chi connectivity index (χ3n) is 4.35. The molecule has 9 heteroatoms. The van der Waals surface area contributed by atoms with Gasteiger partial charge >= 0.3 is 0 Å². The predicted molar refractivity (Wildman–Crippen MR) is 114 cm³/mol. The van der Waals surface area contributed by atoms with Gasteiger partial charge in [-0.3, -0.25) is 4.79 Å². The highest BCUT2D eigenvalue weighted by atomic mass is 32.2. The van der Waals surface area contributed by atoms with Crippen LogP contribution in [-0.4, -0.2) is 40.3 Å². The molecule has 2 aromatic carbocycles. The summed E-state index contributed by atoms with van der Waals surface area (Å²) in [6.07, 6.45) is 0. The van der Waals surface area contributed by atoms with E-state index in [9.17, 15) is 4.79 Å². The average molecular weight is 414 g/mol. The Morgan fingerprint density at radius 1 is 1.14 bits per heavy atom. The largest absolute Gasteiger partial charge is 0.493 e. The fourth-order valence-corrected chi connectivity index (χ4v) is 3.50.